The number of para-hydroxylation sites is 1. The number of hydrogen-bond acceptors (Lipinski definition) is 2. The van der Waals surface area contributed by atoms with E-state index >= 15 is 0 Å². The van der Waals surface area contributed by atoms with Crippen LogP contribution in [0, 0.1) is 5.92 Å². The summed E-state index contributed by atoms with van der Waals surface area (Å²) in [7, 11) is 0. The van der Waals surface area contributed by atoms with Crippen molar-refractivity contribution in [2.75, 3.05) is 18.0 Å². The zero-order valence-electron chi connectivity index (χ0n) is 11.5. The number of halogens is 1. The molecule has 0 bridgehead atoms. The van der Waals surface area contributed by atoms with Gasteiger partial charge in [0.1, 0.15) is 0 Å². The second-order valence-electron chi connectivity index (χ2n) is 5.69. The lowest BCUT2D eigenvalue weighted by Crippen LogP contribution is -2.56. The van der Waals surface area contributed by atoms with Gasteiger partial charge in [-0.3, -0.25) is 0 Å². The first-order valence-electron chi connectivity index (χ1n) is 6.82. The van der Waals surface area contributed by atoms with Crippen LogP contribution in [0.1, 0.15) is 27.2 Å². The fraction of sp³-hybridized carbons (Fsp3) is 0.600. The maximum Gasteiger partial charge on any atom is 0.0514 e. The van der Waals surface area contributed by atoms with Crippen LogP contribution in [0.15, 0.2) is 28.7 Å². The van der Waals surface area contributed by atoms with Gasteiger partial charge in [0.15, 0.2) is 0 Å². The summed E-state index contributed by atoms with van der Waals surface area (Å²) in [4.78, 5) is 2.52. The van der Waals surface area contributed by atoms with Gasteiger partial charge in [-0.15, -0.1) is 0 Å². The minimum absolute atomic E-state index is 0.548. The van der Waals surface area contributed by atoms with Crippen LogP contribution < -0.4 is 10.2 Å². The fourth-order valence-electron chi connectivity index (χ4n) is 2.68. The Balaban J connectivity index is 2.13. The fourth-order valence-corrected chi connectivity index (χ4v) is 3.19. The predicted molar refractivity (Wildman–Crippen MR) is 82.2 cm³/mol. The van der Waals surface area contributed by atoms with Gasteiger partial charge in [-0.05, 0) is 47.3 Å². The molecule has 0 amide bonds. The molecule has 1 N–H and O–H groups in total. The molecule has 1 aliphatic heterocycles. The largest absolute Gasteiger partial charge is 0.365 e. The monoisotopic (exact) mass is 310 g/mol. The molecule has 100 valence electrons. The highest BCUT2D eigenvalue weighted by molar-refractivity contribution is 9.10. The van der Waals surface area contributed by atoms with Gasteiger partial charge in [-0.1, -0.05) is 26.0 Å². The number of benzene rings is 1. The van der Waals surface area contributed by atoms with Gasteiger partial charge in [0.25, 0.3) is 0 Å². The molecule has 1 heterocycles. The first-order valence-corrected chi connectivity index (χ1v) is 7.61. The molecule has 3 heteroatoms. The highest BCUT2D eigenvalue weighted by Gasteiger charge is 2.26. The Morgan fingerprint density at radius 1 is 1.39 bits per heavy atom. The molecule has 2 unspecified atom stereocenters. The predicted octanol–water partition coefficient (Wildman–Crippen LogP) is 3.66. The van der Waals surface area contributed by atoms with Gasteiger partial charge >= 0.3 is 0 Å². The van der Waals surface area contributed by atoms with Crippen LogP contribution in [0.4, 0.5) is 5.69 Å². The molecule has 18 heavy (non-hydrogen) atoms. The third-order valence-electron chi connectivity index (χ3n) is 3.57. The Bertz CT molecular complexity index is 392. The molecule has 1 aromatic carbocycles. The number of rotatable bonds is 3. The van der Waals surface area contributed by atoms with Crippen molar-refractivity contribution in [3.05, 3.63) is 28.7 Å². The van der Waals surface area contributed by atoms with E-state index in [2.05, 4.69) is 71.2 Å². The molecular formula is C15H23BrN2. The zero-order chi connectivity index (χ0) is 13.1. The molecule has 1 saturated heterocycles. The van der Waals surface area contributed by atoms with E-state index in [-0.39, 0.29) is 0 Å². The van der Waals surface area contributed by atoms with Crippen LogP contribution in [0.5, 0.6) is 0 Å². The van der Waals surface area contributed by atoms with Gasteiger partial charge in [0.05, 0.1) is 5.69 Å². The van der Waals surface area contributed by atoms with E-state index in [4.69, 9.17) is 0 Å². The molecule has 1 aromatic rings. The van der Waals surface area contributed by atoms with E-state index < -0.39 is 0 Å². The molecule has 0 aromatic heterocycles. The summed E-state index contributed by atoms with van der Waals surface area (Å²) in [6, 6.07) is 9.68. The Hall–Kier alpha value is -0.540. The van der Waals surface area contributed by atoms with Gasteiger partial charge in [-0.25, -0.2) is 0 Å². The third-order valence-corrected chi connectivity index (χ3v) is 4.24. The average molecular weight is 311 g/mol. The highest BCUT2D eigenvalue weighted by Crippen LogP contribution is 2.29. The molecule has 2 rings (SSSR count). The first kappa shape index (κ1) is 13.9. The topological polar surface area (TPSA) is 15.3 Å². The lowest BCUT2D eigenvalue weighted by atomic mass is 9.99. The maximum absolute atomic E-state index is 3.67. The minimum Gasteiger partial charge on any atom is -0.365 e. The van der Waals surface area contributed by atoms with Crippen molar-refractivity contribution in [3.8, 4) is 0 Å². The lowest BCUT2D eigenvalue weighted by Gasteiger charge is -2.41. The van der Waals surface area contributed by atoms with E-state index in [1.807, 2.05) is 0 Å². The van der Waals surface area contributed by atoms with E-state index in [9.17, 15) is 0 Å². The summed E-state index contributed by atoms with van der Waals surface area (Å²) in [6.45, 7) is 9.05. The number of anilines is 1. The first-order chi connectivity index (χ1) is 8.58. The van der Waals surface area contributed by atoms with Crippen LogP contribution in [-0.4, -0.2) is 25.2 Å². The third kappa shape index (κ3) is 3.27. The van der Waals surface area contributed by atoms with Crippen LogP contribution in [0.3, 0.4) is 0 Å². The summed E-state index contributed by atoms with van der Waals surface area (Å²) in [5, 5.41) is 3.66. The molecule has 1 aliphatic rings. The number of piperazine rings is 1. The molecule has 0 spiro atoms. The van der Waals surface area contributed by atoms with E-state index in [1.165, 1.54) is 16.6 Å². The molecular weight excluding hydrogens is 288 g/mol. The van der Waals surface area contributed by atoms with Crippen molar-refractivity contribution in [1.82, 2.24) is 5.32 Å². The summed E-state index contributed by atoms with van der Waals surface area (Å²) in [5.41, 5.74) is 1.32. The number of nitrogens with zero attached hydrogens (tertiary/aromatic N) is 1. The Labute approximate surface area is 119 Å². The Morgan fingerprint density at radius 3 is 2.78 bits per heavy atom. The summed E-state index contributed by atoms with van der Waals surface area (Å²) >= 11 is 3.67. The number of hydrogen-bond donors (Lipinski definition) is 1. The molecule has 0 saturated carbocycles. The standard InChI is InChI=1S/C15H23BrN2/c1-11(2)8-13-10-18(12(3)9-17-13)15-7-5-4-6-14(15)16/h4-7,11-13,17H,8-10H2,1-3H3. The highest BCUT2D eigenvalue weighted by atomic mass is 79.9. The van der Waals surface area contributed by atoms with Crippen LogP contribution in [0.2, 0.25) is 0 Å². The summed E-state index contributed by atoms with van der Waals surface area (Å²) in [5.74, 6) is 0.747. The number of nitrogens with one attached hydrogen (secondary N) is 1. The van der Waals surface area contributed by atoms with E-state index in [1.54, 1.807) is 0 Å². The SMILES string of the molecule is CC(C)CC1CN(c2ccccc2Br)C(C)CN1. The second-order valence-corrected chi connectivity index (χ2v) is 6.54. The smallest absolute Gasteiger partial charge is 0.0514 e. The van der Waals surface area contributed by atoms with Gasteiger partial charge in [0, 0.05) is 29.6 Å². The minimum atomic E-state index is 0.548. The molecule has 2 nitrogen and oxygen atoms in total. The van der Waals surface area contributed by atoms with Crippen molar-refractivity contribution in [3.63, 3.8) is 0 Å². The van der Waals surface area contributed by atoms with Crippen LogP contribution in [-0.2, 0) is 0 Å². The van der Waals surface area contributed by atoms with E-state index in [0.29, 0.717) is 12.1 Å². The van der Waals surface area contributed by atoms with Gasteiger partial charge < -0.3 is 10.2 Å². The normalized spacial score (nSPS) is 24.6. The summed E-state index contributed by atoms with van der Waals surface area (Å²) < 4.78 is 1.20. The van der Waals surface area contributed by atoms with Crippen molar-refractivity contribution in [1.29, 1.82) is 0 Å². The van der Waals surface area contributed by atoms with Crippen LogP contribution >= 0.6 is 15.9 Å². The second kappa shape index (κ2) is 6.07. The zero-order valence-corrected chi connectivity index (χ0v) is 13.1. The quantitative estimate of drug-likeness (QED) is 0.916. The molecule has 2 atom stereocenters. The van der Waals surface area contributed by atoms with E-state index in [0.717, 1.165) is 19.0 Å². The molecule has 0 aliphatic carbocycles. The van der Waals surface area contributed by atoms with Crippen molar-refractivity contribution in [2.45, 2.75) is 39.3 Å². The van der Waals surface area contributed by atoms with Gasteiger partial charge in [0.2, 0.25) is 0 Å². The van der Waals surface area contributed by atoms with Crippen LogP contribution in [0.25, 0.3) is 0 Å². The maximum atomic E-state index is 3.67. The Kier molecular flexibility index (Phi) is 4.68. The van der Waals surface area contributed by atoms with Gasteiger partial charge in [-0.2, -0.15) is 0 Å². The lowest BCUT2D eigenvalue weighted by molar-refractivity contribution is 0.355. The van der Waals surface area contributed by atoms with Crippen molar-refractivity contribution in [2.24, 2.45) is 5.92 Å². The van der Waals surface area contributed by atoms with Crippen molar-refractivity contribution >= 4 is 21.6 Å². The molecule has 0 radical (unpaired) electrons. The average Bonchev–Trinajstić information content (AvgIpc) is 2.32. The molecule has 1 fully saturated rings. The van der Waals surface area contributed by atoms with Crippen molar-refractivity contribution < 1.29 is 0 Å². The summed E-state index contributed by atoms with van der Waals surface area (Å²) in [6.07, 6.45) is 1.24. The Morgan fingerprint density at radius 2 is 2.11 bits per heavy atom.